The second-order valence-corrected chi connectivity index (χ2v) is 15.6. The molecular weight excluding hydrogens is 626 g/mol. The van der Waals surface area contributed by atoms with Crippen LogP contribution in [0.2, 0.25) is 0 Å². The van der Waals surface area contributed by atoms with Crippen molar-refractivity contribution < 1.29 is 43.2 Å². The van der Waals surface area contributed by atoms with Crippen molar-refractivity contribution in [1.29, 1.82) is 0 Å². The highest BCUT2D eigenvalue weighted by atomic mass is 16.7. The van der Waals surface area contributed by atoms with E-state index in [4.69, 9.17) is 23.7 Å². The van der Waals surface area contributed by atoms with Gasteiger partial charge in [-0.25, -0.2) is 4.79 Å². The number of carbonyl (C=O) groups is 3. The van der Waals surface area contributed by atoms with Gasteiger partial charge in [0, 0.05) is 32.6 Å². The van der Waals surface area contributed by atoms with Gasteiger partial charge in [-0.3, -0.25) is 9.59 Å². The number of aliphatic hydroxyl groups excluding tert-OH is 1. The Labute approximate surface area is 293 Å². The van der Waals surface area contributed by atoms with Crippen molar-refractivity contribution in [3.05, 3.63) is 23.3 Å². The topological polar surface area (TPSA) is 121 Å². The number of hydrogen-bond acceptors (Lipinski definition) is 9. The summed E-state index contributed by atoms with van der Waals surface area (Å²) in [5.74, 6) is -4.32. The first-order chi connectivity index (χ1) is 23.5. The lowest BCUT2D eigenvalue weighted by molar-refractivity contribution is -0.303. The normalized spacial score (nSPS) is 41.8. The number of aliphatic hydroxyl groups is 1. The number of nitrogens with zero attached hydrogens (tertiary/aromatic N) is 1. The largest absolute Gasteiger partial charge is 0.456 e. The second-order valence-electron chi connectivity index (χ2n) is 15.6. The average molecular weight is 688 g/mol. The SMILES string of the molecule is COC1CCCC(/C=C(\C)C2OC(=O)[C@@H]3CCCCN3C(=O)C(=O)C34OC(CCC(O3)[C@@H](OC)CC4C)C/C(C)=C/CCCC(O)[C@H]2C)C1. The number of cyclic esters (lactones) is 1. The quantitative estimate of drug-likeness (QED) is 0.221. The molecule has 0 aromatic carbocycles. The maximum absolute atomic E-state index is 14.5. The van der Waals surface area contributed by atoms with E-state index in [0.29, 0.717) is 44.9 Å². The molecule has 5 rings (SSSR count). The summed E-state index contributed by atoms with van der Waals surface area (Å²) in [6.07, 6.45) is 12.7. The predicted octanol–water partition coefficient (Wildman–Crippen LogP) is 5.83. The van der Waals surface area contributed by atoms with Crippen LogP contribution >= 0.6 is 0 Å². The van der Waals surface area contributed by atoms with Gasteiger partial charge in [0.2, 0.25) is 5.79 Å². The number of rotatable bonds is 4. The molecule has 0 radical (unpaired) electrons. The van der Waals surface area contributed by atoms with Crippen LogP contribution in [0.15, 0.2) is 23.3 Å². The summed E-state index contributed by atoms with van der Waals surface area (Å²) in [6.45, 7) is 8.15. The molecule has 276 valence electrons. The Hall–Kier alpha value is -2.11. The van der Waals surface area contributed by atoms with Crippen LogP contribution in [0.4, 0.5) is 0 Å². The third-order valence-corrected chi connectivity index (χ3v) is 12.0. The van der Waals surface area contributed by atoms with Gasteiger partial charge in [0.1, 0.15) is 12.1 Å². The van der Waals surface area contributed by atoms with Crippen LogP contribution in [0, 0.1) is 17.8 Å². The number of allylic oxidation sites excluding steroid dienone is 2. The molecule has 1 saturated carbocycles. The number of piperidine rings is 1. The van der Waals surface area contributed by atoms with E-state index in [1.807, 2.05) is 20.8 Å². The van der Waals surface area contributed by atoms with E-state index in [1.54, 1.807) is 14.2 Å². The molecule has 4 aliphatic heterocycles. The van der Waals surface area contributed by atoms with E-state index in [2.05, 4.69) is 19.1 Å². The third kappa shape index (κ3) is 8.68. The van der Waals surface area contributed by atoms with Gasteiger partial charge in [-0.15, -0.1) is 0 Å². The summed E-state index contributed by atoms with van der Waals surface area (Å²) in [5.41, 5.74) is 2.04. The molecular formula is C39H61NO9. The molecule has 10 nitrogen and oxygen atoms in total. The summed E-state index contributed by atoms with van der Waals surface area (Å²) in [7, 11) is 3.41. The van der Waals surface area contributed by atoms with Gasteiger partial charge in [0.05, 0.1) is 30.5 Å². The fourth-order valence-corrected chi connectivity index (χ4v) is 8.95. The molecule has 3 saturated heterocycles. The van der Waals surface area contributed by atoms with Crippen molar-refractivity contribution in [2.24, 2.45) is 17.8 Å². The average Bonchev–Trinajstić information content (AvgIpc) is 3.27. The second kappa shape index (κ2) is 16.9. The molecule has 1 aliphatic carbocycles. The Morgan fingerprint density at radius 3 is 2.51 bits per heavy atom. The molecule has 49 heavy (non-hydrogen) atoms. The van der Waals surface area contributed by atoms with E-state index in [1.165, 1.54) is 4.90 Å². The van der Waals surface area contributed by atoms with Gasteiger partial charge < -0.3 is 33.7 Å². The van der Waals surface area contributed by atoms with Crippen LogP contribution in [-0.4, -0.2) is 96.9 Å². The molecule has 1 spiro atoms. The number of esters is 1. The van der Waals surface area contributed by atoms with Gasteiger partial charge in [-0.1, -0.05) is 38.0 Å². The minimum Gasteiger partial charge on any atom is -0.456 e. The molecule has 10 heteroatoms. The van der Waals surface area contributed by atoms with Crippen LogP contribution in [0.3, 0.4) is 0 Å². The molecule has 11 atom stereocenters. The highest BCUT2D eigenvalue weighted by Crippen LogP contribution is 2.44. The zero-order valence-electron chi connectivity index (χ0n) is 30.7. The lowest BCUT2D eigenvalue weighted by Gasteiger charge is -2.46. The van der Waals surface area contributed by atoms with Gasteiger partial charge >= 0.3 is 5.97 Å². The molecule has 1 N–H and O–H groups in total. The van der Waals surface area contributed by atoms with Crippen LogP contribution in [0.25, 0.3) is 0 Å². The first-order valence-electron chi connectivity index (χ1n) is 19.0. The maximum atomic E-state index is 14.5. The summed E-state index contributed by atoms with van der Waals surface area (Å²) in [4.78, 5) is 44.4. The van der Waals surface area contributed by atoms with Crippen molar-refractivity contribution in [3.63, 3.8) is 0 Å². The Bertz CT molecular complexity index is 1230. The molecule has 0 aromatic rings. The number of Topliss-reactive ketones (excluding diaryl/α,β-unsaturated/α-hetero) is 1. The Balaban J connectivity index is 1.48. The fraction of sp³-hybridized carbons (Fsp3) is 0.821. The summed E-state index contributed by atoms with van der Waals surface area (Å²) in [5, 5.41) is 11.4. The Morgan fingerprint density at radius 2 is 1.76 bits per heavy atom. The van der Waals surface area contributed by atoms with Gasteiger partial charge in [-0.2, -0.15) is 0 Å². The fourth-order valence-electron chi connectivity index (χ4n) is 8.95. The summed E-state index contributed by atoms with van der Waals surface area (Å²) < 4.78 is 31.0. The van der Waals surface area contributed by atoms with Gasteiger partial charge in [0.15, 0.2) is 0 Å². The minimum atomic E-state index is -1.75. The number of ether oxygens (including phenoxy) is 5. The van der Waals surface area contributed by atoms with Crippen molar-refractivity contribution in [2.45, 2.75) is 166 Å². The number of fused-ring (bicyclic) bond motifs is 3. The number of ketones is 1. The van der Waals surface area contributed by atoms with Gasteiger partial charge in [0.25, 0.3) is 11.7 Å². The van der Waals surface area contributed by atoms with Crippen molar-refractivity contribution in [1.82, 2.24) is 4.90 Å². The molecule has 0 aromatic heterocycles. The smallest absolute Gasteiger partial charge is 0.329 e. The third-order valence-electron chi connectivity index (χ3n) is 12.0. The van der Waals surface area contributed by atoms with E-state index in [0.717, 1.165) is 56.1 Å². The molecule has 1 amide bonds. The number of amides is 1. The van der Waals surface area contributed by atoms with Crippen LogP contribution in [-0.2, 0) is 38.1 Å². The maximum Gasteiger partial charge on any atom is 0.329 e. The van der Waals surface area contributed by atoms with Crippen molar-refractivity contribution in [3.8, 4) is 0 Å². The number of hydrogen-bond donors (Lipinski definition) is 1. The first kappa shape index (κ1) is 38.1. The van der Waals surface area contributed by atoms with Crippen LogP contribution in [0.5, 0.6) is 0 Å². The van der Waals surface area contributed by atoms with E-state index >= 15 is 0 Å². The Morgan fingerprint density at radius 1 is 0.959 bits per heavy atom. The lowest BCUT2D eigenvalue weighted by Crippen LogP contribution is -2.63. The van der Waals surface area contributed by atoms with E-state index in [-0.39, 0.29) is 42.8 Å². The molecule has 4 heterocycles. The minimum absolute atomic E-state index is 0.202. The van der Waals surface area contributed by atoms with E-state index in [9.17, 15) is 19.5 Å². The van der Waals surface area contributed by atoms with Crippen LogP contribution in [0.1, 0.15) is 118 Å². The number of carbonyl (C=O) groups excluding carboxylic acids is 3. The molecule has 3 bridgehead atoms. The molecule has 4 fully saturated rings. The highest BCUT2D eigenvalue weighted by molar-refractivity contribution is 6.39. The van der Waals surface area contributed by atoms with Crippen LogP contribution < -0.4 is 0 Å². The molecule has 5 aliphatic rings. The highest BCUT2D eigenvalue weighted by Gasteiger charge is 2.59. The Kier molecular flexibility index (Phi) is 13.2. The van der Waals surface area contributed by atoms with Crippen molar-refractivity contribution >= 4 is 17.7 Å². The zero-order chi connectivity index (χ0) is 35.3. The van der Waals surface area contributed by atoms with Crippen molar-refractivity contribution in [2.75, 3.05) is 20.8 Å². The lowest BCUT2D eigenvalue weighted by atomic mass is 9.83. The predicted molar refractivity (Wildman–Crippen MR) is 184 cm³/mol. The zero-order valence-corrected chi connectivity index (χ0v) is 30.7. The standard InChI is InChI=1S/C39H61NO9/c1-24-12-7-8-16-32(41)27(4)35(25(2)21-28-13-11-14-29(23-28)45-5)47-38(44)31-15-9-10-19-40(31)37(43)36(42)39-26(3)22-34(46-6)33(49-39)18-17-30(20-24)48-39/h12,21,26-35,41H,7-11,13-20,22-23H2,1-6H3/b24-12+,25-21+/t26?,27-,28?,29?,30?,31+,32?,33?,34+,35?,39?/m1/s1. The molecule has 8 unspecified atom stereocenters. The monoisotopic (exact) mass is 687 g/mol. The number of methoxy groups -OCH3 is 2. The summed E-state index contributed by atoms with van der Waals surface area (Å²) >= 11 is 0. The van der Waals surface area contributed by atoms with E-state index < -0.39 is 47.6 Å². The summed E-state index contributed by atoms with van der Waals surface area (Å²) in [6, 6.07) is -0.916. The van der Waals surface area contributed by atoms with Gasteiger partial charge in [-0.05, 0) is 109 Å². The first-order valence-corrected chi connectivity index (χ1v) is 19.0.